The fourth-order valence-electron chi connectivity index (χ4n) is 8.30. The Morgan fingerprint density at radius 2 is 1.47 bits per heavy atom. The first-order valence-corrected chi connectivity index (χ1v) is 25.5. The Labute approximate surface area is 388 Å². The van der Waals surface area contributed by atoms with E-state index >= 15 is 0 Å². The van der Waals surface area contributed by atoms with Crippen LogP contribution in [0.3, 0.4) is 0 Å². The summed E-state index contributed by atoms with van der Waals surface area (Å²) >= 11 is 0. The van der Waals surface area contributed by atoms with Crippen molar-refractivity contribution in [2.75, 3.05) is 18.9 Å². The van der Waals surface area contributed by atoms with Gasteiger partial charge in [0.05, 0.1) is 25.6 Å². The molecule has 66 heavy (non-hydrogen) atoms. The molecule has 0 radical (unpaired) electrons. The van der Waals surface area contributed by atoms with Crippen LogP contribution in [0.2, 0.25) is 0 Å². The van der Waals surface area contributed by atoms with Crippen molar-refractivity contribution in [3.63, 3.8) is 0 Å². The summed E-state index contributed by atoms with van der Waals surface area (Å²) < 4.78 is 82.8. The molecule has 2 aromatic heterocycles. The highest BCUT2D eigenvalue weighted by atomic mass is 31.2. The summed E-state index contributed by atoms with van der Waals surface area (Å²) in [7, 11) is -4.64. The van der Waals surface area contributed by atoms with Crippen LogP contribution in [0.15, 0.2) is 67.5 Å². The van der Waals surface area contributed by atoms with Crippen LogP contribution >= 0.6 is 7.75 Å². The first-order valence-electron chi connectivity index (χ1n) is 24.0. The lowest BCUT2D eigenvalue weighted by molar-refractivity contribution is -0.146. The van der Waals surface area contributed by atoms with Crippen LogP contribution in [0.5, 0.6) is 5.75 Å². The lowest BCUT2D eigenvalue weighted by atomic mass is 9.98. The first-order chi connectivity index (χ1) is 31.9. The smallest absolute Gasteiger partial charge is 0.459 e. The number of fused-ring (bicyclic) bond motifs is 1. The van der Waals surface area contributed by atoms with E-state index in [1.165, 1.54) is 125 Å². The first kappa shape index (κ1) is 52.6. The van der Waals surface area contributed by atoms with Crippen molar-refractivity contribution < 1.29 is 46.2 Å². The molecular formula is C49H70F3N6O7P. The highest BCUT2D eigenvalue weighted by Crippen LogP contribution is 2.48. The molecule has 0 amide bonds. The minimum Gasteiger partial charge on any atom is -0.465 e. The number of imidazole rings is 1. The minimum absolute atomic E-state index is 0.0169. The van der Waals surface area contributed by atoms with E-state index in [0.717, 1.165) is 37.8 Å². The summed E-state index contributed by atoms with van der Waals surface area (Å²) in [5, 5.41) is 14.0. The number of ether oxygens (including phenoxy) is 2. The number of hydrogen-bond acceptors (Lipinski definition) is 11. The lowest BCUT2D eigenvalue weighted by Crippen LogP contribution is -2.44. The Morgan fingerprint density at radius 1 is 0.909 bits per heavy atom. The number of para-hydroxylation sites is 1. The van der Waals surface area contributed by atoms with E-state index in [9.17, 15) is 27.6 Å². The average Bonchev–Trinajstić information content (AvgIpc) is 3.86. The van der Waals surface area contributed by atoms with Crippen LogP contribution in [-0.2, 0) is 29.8 Å². The largest absolute Gasteiger partial charge is 0.465 e. The number of aromatic nitrogens is 4. The molecule has 1 saturated heterocycles. The van der Waals surface area contributed by atoms with Crippen molar-refractivity contribution in [2.45, 2.75) is 172 Å². The number of nitrogens with zero attached hydrogens (tertiary/aromatic N) is 4. The minimum atomic E-state index is -4.64. The zero-order chi connectivity index (χ0) is 47.2. The zero-order valence-corrected chi connectivity index (χ0v) is 39.4. The average molecular weight is 943 g/mol. The van der Waals surface area contributed by atoms with Crippen molar-refractivity contribution in [2.24, 2.45) is 0 Å². The van der Waals surface area contributed by atoms with E-state index in [2.05, 4.69) is 33.5 Å². The number of nitrogens with two attached hydrogens (primary N) is 1. The van der Waals surface area contributed by atoms with Gasteiger partial charge in [-0.15, -0.1) is 6.58 Å². The number of unbranched alkanes of at least 4 members (excludes halogenated alkanes) is 19. The van der Waals surface area contributed by atoms with E-state index in [-0.39, 0.29) is 47.7 Å². The Morgan fingerprint density at radius 3 is 2.03 bits per heavy atom. The van der Waals surface area contributed by atoms with Gasteiger partial charge in [-0.1, -0.05) is 153 Å². The van der Waals surface area contributed by atoms with Crippen LogP contribution in [0.4, 0.5) is 19.0 Å². The Kier molecular flexibility index (Phi) is 21.9. The van der Waals surface area contributed by atoms with E-state index in [1.807, 2.05) is 0 Å². The maximum absolute atomic E-state index is 14.8. The molecule has 1 aliphatic heterocycles. The summed E-state index contributed by atoms with van der Waals surface area (Å²) in [5.41, 5.74) is 4.34. The molecule has 5 atom stereocenters. The third kappa shape index (κ3) is 16.8. The topological polar surface area (TPSA) is 173 Å². The molecular weight excluding hydrogens is 873 g/mol. The number of rotatable bonds is 33. The maximum atomic E-state index is 14.8. The van der Waals surface area contributed by atoms with Gasteiger partial charge in [-0.05, 0) is 42.7 Å². The molecule has 5 rings (SSSR count). The van der Waals surface area contributed by atoms with Crippen LogP contribution in [0.25, 0.3) is 11.2 Å². The second-order valence-corrected chi connectivity index (χ2v) is 19.1. The number of halogens is 3. The van der Waals surface area contributed by atoms with Crippen LogP contribution < -0.4 is 15.3 Å². The van der Waals surface area contributed by atoms with Gasteiger partial charge in [0.25, 0.3) is 0 Å². The summed E-state index contributed by atoms with van der Waals surface area (Å²) in [4.78, 5) is 25.2. The number of benzene rings is 2. The third-order valence-corrected chi connectivity index (χ3v) is 13.6. The third-order valence-electron chi connectivity index (χ3n) is 12.1. The fourth-order valence-corrected chi connectivity index (χ4v) is 9.83. The van der Waals surface area contributed by atoms with Crippen molar-refractivity contribution in [1.29, 1.82) is 0 Å². The Bertz CT molecular complexity index is 2110. The predicted molar refractivity (Wildman–Crippen MR) is 250 cm³/mol. The fraction of sp³-hybridized carbons (Fsp3) is 0.592. The van der Waals surface area contributed by atoms with Gasteiger partial charge in [-0.3, -0.25) is 13.9 Å². The van der Waals surface area contributed by atoms with Crippen molar-refractivity contribution >= 4 is 30.7 Å². The molecule has 0 aliphatic carbocycles. The molecule has 364 valence electrons. The lowest BCUT2D eigenvalue weighted by Gasteiger charge is -2.31. The summed E-state index contributed by atoms with van der Waals surface area (Å²) in [6.07, 6.45) is 23.5. The second-order valence-electron chi connectivity index (χ2n) is 17.4. The zero-order valence-electron chi connectivity index (χ0n) is 38.5. The van der Waals surface area contributed by atoms with Gasteiger partial charge in [0.2, 0.25) is 0 Å². The molecule has 1 aliphatic rings. The summed E-state index contributed by atoms with van der Waals surface area (Å²) in [6, 6.07) is 9.38. The molecule has 4 N–H and O–H groups in total. The molecule has 1 unspecified atom stereocenters. The standard InChI is InChI=1S/C49H70F3N6O7P/c1-3-5-6-7-8-9-10-11-12-13-14-15-16-17-18-19-20-21-22-26-29-62-47(60)41(32-37-30-38(50)33-39(51)31-37)57-66(61,65-40-27-24-23-25-28-40)63-35-49(4-2)42(59)34-43(64-49)58-36-54-44-45(53)55-48(52)56-46(44)58/h4,23-25,27-28,30-31,33,36,41-43,59H,2-3,5-22,26,29,32,34-35H2,1H3,(H,57,61)(H2,53,55,56)/t41-,42-,43+,49+,66?/m0/s1. The molecule has 0 saturated carbocycles. The van der Waals surface area contributed by atoms with Gasteiger partial charge in [0.15, 0.2) is 17.0 Å². The van der Waals surface area contributed by atoms with Gasteiger partial charge in [0.1, 0.15) is 35.3 Å². The van der Waals surface area contributed by atoms with Crippen molar-refractivity contribution in [3.8, 4) is 5.75 Å². The molecule has 3 heterocycles. The second kappa shape index (κ2) is 27.5. The molecule has 2 aromatic carbocycles. The number of nitrogen functional groups attached to an aromatic ring is 1. The van der Waals surface area contributed by atoms with Gasteiger partial charge in [-0.2, -0.15) is 19.4 Å². The van der Waals surface area contributed by atoms with Crippen LogP contribution in [-0.4, -0.2) is 61.6 Å². The number of anilines is 1. The normalized spacial score (nSPS) is 18.6. The number of hydrogen-bond donors (Lipinski definition) is 3. The van der Waals surface area contributed by atoms with Gasteiger partial charge in [-0.25, -0.2) is 18.3 Å². The number of aliphatic hydroxyl groups excluding tert-OH is 1. The molecule has 4 aromatic rings. The van der Waals surface area contributed by atoms with E-state index in [4.69, 9.17) is 24.3 Å². The summed E-state index contributed by atoms with van der Waals surface area (Å²) in [6.45, 7) is 5.53. The summed E-state index contributed by atoms with van der Waals surface area (Å²) in [5.74, 6) is -2.65. The molecule has 13 nitrogen and oxygen atoms in total. The van der Waals surface area contributed by atoms with Crippen LogP contribution in [0.1, 0.15) is 154 Å². The molecule has 17 heteroatoms. The Balaban J connectivity index is 1.12. The van der Waals surface area contributed by atoms with Crippen LogP contribution in [0, 0.1) is 17.7 Å². The van der Waals surface area contributed by atoms with E-state index in [0.29, 0.717) is 12.5 Å². The van der Waals surface area contributed by atoms with E-state index < -0.39 is 62.0 Å². The molecule has 0 bridgehead atoms. The predicted octanol–water partition coefficient (Wildman–Crippen LogP) is 11.8. The van der Waals surface area contributed by atoms with Gasteiger partial charge >= 0.3 is 19.8 Å². The highest BCUT2D eigenvalue weighted by Gasteiger charge is 2.49. The number of aliphatic hydroxyl groups is 1. The highest BCUT2D eigenvalue weighted by molar-refractivity contribution is 7.52. The van der Waals surface area contributed by atoms with Gasteiger partial charge < -0.3 is 24.8 Å². The number of esters is 1. The number of nitrogens with one attached hydrogen (secondary N) is 1. The number of carbonyl (C=O) groups excluding carboxylic acids is 1. The SMILES string of the molecule is C=C[C@]1(COP(=O)(N[C@@H](Cc2cc(F)cc(F)c2)C(=O)OCCCCCCCCCCCCCCCCCCCCCC)Oc2ccccc2)O[C@@H](n2cnc3c(N)nc(F)nc32)C[C@@H]1O. The molecule has 1 fully saturated rings. The van der Waals surface area contributed by atoms with Crippen molar-refractivity contribution in [1.82, 2.24) is 24.6 Å². The number of carbonyl (C=O) groups is 1. The molecule has 0 spiro atoms. The Hall–Kier alpha value is -4.34. The van der Waals surface area contributed by atoms with Crippen molar-refractivity contribution in [3.05, 3.63) is 90.8 Å². The maximum Gasteiger partial charge on any atom is 0.459 e. The monoisotopic (exact) mass is 942 g/mol. The van der Waals surface area contributed by atoms with Gasteiger partial charge in [0, 0.05) is 12.5 Å². The van der Waals surface area contributed by atoms with E-state index in [1.54, 1.807) is 18.2 Å². The quantitative estimate of drug-likeness (QED) is 0.0136.